The van der Waals surface area contributed by atoms with E-state index in [0.717, 1.165) is 38.5 Å². The molecule has 0 saturated carbocycles. The summed E-state index contributed by atoms with van der Waals surface area (Å²) >= 11 is 0. The molecule has 0 bridgehead atoms. The molecule has 136 valence electrons. The highest BCUT2D eigenvalue weighted by Crippen LogP contribution is 2.22. The maximum absolute atomic E-state index is 12.2. The van der Waals surface area contributed by atoms with Gasteiger partial charge in [0.15, 0.2) is 6.10 Å². The Morgan fingerprint density at radius 1 is 0.957 bits per heavy atom. The molecule has 0 aliphatic carbocycles. The first kappa shape index (κ1) is 20.4. The second-order valence-electron chi connectivity index (χ2n) is 6.13. The maximum atomic E-state index is 12.2. The Labute approximate surface area is 141 Å². The molecule has 0 N–H and O–H groups in total. The zero-order valence-corrected chi connectivity index (χ0v) is 15.1. The van der Waals surface area contributed by atoms with Crippen molar-refractivity contribution in [1.82, 2.24) is 0 Å². The minimum absolute atomic E-state index is 0.223. The molecule has 1 aliphatic heterocycles. The average Bonchev–Trinajstić information content (AvgIpc) is 2.54. The van der Waals surface area contributed by atoms with Gasteiger partial charge in [-0.15, -0.1) is 0 Å². The van der Waals surface area contributed by atoms with Crippen LogP contribution in [0.4, 0.5) is 0 Å². The molecule has 1 heterocycles. The topological polar surface area (TPSA) is 54.0 Å². The summed E-state index contributed by atoms with van der Waals surface area (Å²) in [6.07, 6.45) is 5.78. The molecular weight excluding hydrogens is 296 g/mol. The Hall–Kier alpha value is -0.650. The minimum Gasteiger partial charge on any atom is -0.458 e. The van der Waals surface area contributed by atoms with Gasteiger partial charge in [-0.3, -0.25) is 0 Å². The van der Waals surface area contributed by atoms with Crippen LogP contribution in [0.2, 0.25) is 0 Å². The van der Waals surface area contributed by atoms with Crippen LogP contribution in [0.25, 0.3) is 0 Å². The highest BCUT2D eigenvalue weighted by atomic mass is 16.6. The number of unbranched alkanes of at least 4 members (excludes halogenated alkanes) is 3. The summed E-state index contributed by atoms with van der Waals surface area (Å²) in [7, 11) is 0. The number of hydrogen-bond acceptors (Lipinski definition) is 5. The highest BCUT2D eigenvalue weighted by Gasteiger charge is 2.40. The van der Waals surface area contributed by atoms with E-state index in [0.29, 0.717) is 32.8 Å². The Balaban J connectivity index is 2.48. The lowest BCUT2D eigenvalue weighted by molar-refractivity contribution is -0.196. The molecule has 0 radical (unpaired) electrons. The van der Waals surface area contributed by atoms with Gasteiger partial charge in [0.25, 0.3) is 0 Å². The van der Waals surface area contributed by atoms with Gasteiger partial charge in [0, 0.05) is 26.2 Å². The number of carbonyl (C=O) groups is 1. The molecule has 5 nitrogen and oxygen atoms in total. The highest BCUT2D eigenvalue weighted by molar-refractivity contribution is 5.76. The number of esters is 1. The largest absolute Gasteiger partial charge is 0.458 e. The predicted octanol–water partition coefficient (Wildman–Crippen LogP) is 3.49. The standard InChI is InChI=1S/C18H34O5/c1-4-7-10-20-14-15-13-16(21-11-8-5-2)17(18(19)23-15)22-12-9-6-3/h15-17H,4-14H2,1-3H3/t15?,16-,17+/m0/s1. The normalized spacial score (nSPS) is 24.7. The number of hydrogen-bond donors (Lipinski definition) is 0. The summed E-state index contributed by atoms with van der Waals surface area (Å²) in [5, 5.41) is 0. The van der Waals surface area contributed by atoms with Gasteiger partial charge in [0.05, 0.1) is 12.7 Å². The number of cyclic esters (lactones) is 1. The fourth-order valence-corrected chi connectivity index (χ4v) is 2.44. The quantitative estimate of drug-likeness (QED) is 0.382. The molecular formula is C18H34O5. The van der Waals surface area contributed by atoms with Gasteiger partial charge in [-0.1, -0.05) is 40.0 Å². The van der Waals surface area contributed by atoms with Gasteiger partial charge in [-0.25, -0.2) is 4.79 Å². The van der Waals surface area contributed by atoms with E-state index in [4.69, 9.17) is 18.9 Å². The van der Waals surface area contributed by atoms with Crippen LogP contribution in [0.5, 0.6) is 0 Å². The average molecular weight is 330 g/mol. The fraction of sp³-hybridized carbons (Fsp3) is 0.944. The first-order chi connectivity index (χ1) is 11.2. The Morgan fingerprint density at radius 3 is 2.22 bits per heavy atom. The second kappa shape index (κ2) is 12.7. The van der Waals surface area contributed by atoms with Crippen molar-refractivity contribution in [2.24, 2.45) is 0 Å². The Morgan fingerprint density at radius 2 is 1.57 bits per heavy atom. The molecule has 23 heavy (non-hydrogen) atoms. The molecule has 1 unspecified atom stereocenters. The molecule has 0 aromatic heterocycles. The molecule has 1 saturated heterocycles. The zero-order chi connectivity index (χ0) is 16.9. The molecule has 0 aromatic rings. The van der Waals surface area contributed by atoms with E-state index >= 15 is 0 Å². The smallest absolute Gasteiger partial charge is 0.338 e. The van der Waals surface area contributed by atoms with Crippen molar-refractivity contribution >= 4 is 5.97 Å². The van der Waals surface area contributed by atoms with E-state index in [9.17, 15) is 4.79 Å². The summed E-state index contributed by atoms with van der Waals surface area (Å²) in [5.41, 5.74) is 0. The van der Waals surface area contributed by atoms with Crippen LogP contribution in [0.3, 0.4) is 0 Å². The third-order valence-corrected chi connectivity index (χ3v) is 3.92. The van der Waals surface area contributed by atoms with Crippen molar-refractivity contribution in [3.63, 3.8) is 0 Å². The van der Waals surface area contributed by atoms with E-state index in [1.54, 1.807) is 0 Å². The summed E-state index contributed by atoms with van der Waals surface area (Å²) in [4.78, 5) is 12.2. The van der Waals surface area contributed by atoms with Gasteiger partial charge in [-0.2, -0.15) is 0 Å². The first-order valence-electron chi connectivity index (χ1n) is 9.24. The van der Waals surface area contributed by atoms with Gasteiger partial charge in [0.1, 0.15) is 6.10 Å². The summed E-state index contributed by atoms with van der Waals surface area (Å²) < 4.78 is 22.7. The molecule has 1 aliphatic rings. The molecule has 5 heteroatoms. The summed E-state index contributed by atoms with van der Waals surface area (Å²) in [5.74, 6) is -0.307. The SMILES string of the molecule is CCCCOCC1C[C@H](OCCCC)[C@@H](OCCCC)C(=O)O1. The van der Waals surface area contributed by atoms with Crippen molar-refractivity contribution in [2.75, 3.05) is 26.4 Å². The maximum Gasteiger partial charge on any atom is 0.338 e. The van der Waals surface area contributed by atoms with Gasteiger partial charge >= 0.3 is 5.97 Å². The van der Waals surface area contributed by atoms with Crippen molar-refractivity contribution in [2.45, 2.75) is 84.0 Å². The molecule has 0 aromatic carbocycles. The number of ether oxygens (including phenoxy) is 4. The first-order valence-corrected chi connectivity index (χ1v) is 9.24. The molecule has 0 amide bonds. The van der Waals surface area contributed by atoms with Crippen molar-refractivity contribution in [1.29, 1.82) is 0 Å². The summed E-state index contributed by atoms with van der Waals surface area (Å²) in [6.45, 7) is 8.73. The van der Waals surface area contributed by atoms with Crippen LogP contribution in [0.15, 0.2) is 0 Å². The lowest BCUT2D eigenvalue weighted by Crippen LogP contribution is -2.49. The van der Waals surface area contributed by atoms with E-state index in [2.05, 4.69) is 20.8 Å². The second-order valence-corrected chi connectivity index (χ2v) is 6.13. The molecule has 3 atom stereocenters. The van der Waals surface area contributed by atoms with Crippen LogP contribution >= 0.6 is 0 Å². The van der Waals surface area contributed by atoms with Crippen LogP contribution < -0.4 is 0 Å². The van der Waals surface area contributed by atoms with Crippen LogP contribution in [-0.2, 0) is 23.7 Å². The Bertz CT molecular complexity index is 308. The van der Waals surface area contributed by atoms with Crippen molar-refractivity contribution in [3.05, 3.63) is 0 Å². The van der Waals surface area contributed by atoms with Gasteiger partial charge in [-0.05, 0) is 19.3 Å². The molecule has 1 rings (SSSR count). The molecule has 1 fully saturated rings. The lowest BCUT2D eigenvalue weighted by atomic mass is 10.0. The minimum atomic E-state index is -0.592. The lowest BCUT2D eigenvalue weighted by Gasteiger charge is -2.34. The predicted molar refractivity (Wildman–Crippen MR) is 89.5 cm³/mol. The van der Waals surface area contributed by atoms with E-state index in [1.807, 2.05) is 0 Å². The van der Waals surface area contributed by atoms with Crippen molar-refractivity contribution in [3.8, 4) is 0 Å². The summed E-state index contributed by atoms with van der Waals surface area (Å²) in [6, 6.07) is 0. The van der Waals surface area contributed by atoms with Crippen LogP contribution in [0.1, 0.15) is 65.7 Å². The van der Waals surface area contributed by atoms with E-state index in [1.165, 1.54) is 0 Å². The van der Waals surface area contributed by atoms with Gasteiger partial charge < -0.3 is 18.9 Å². The Kier molecular flexibility index (Phi) is 11.3. The van der Waals surface area contributed by atoms with Crippen LogP contribution in [-0.4, -0.2) is 50.7 Å². The third kappa shape index (κ3) is 8.13. The number of rotatable bonds is 13. The monoisotopic (exact) mass is 330 g/mol. The fourth-order valence-electron chi connectivity index (χ4n) is 2.44. The zero-order valence-electron chi connectivity index (χ0n) is 15.1. The third-order valence-electron chi connectivity index (χ3n) is 3.92. The van der Waals surface area contributed by atoms with Crippen molar-refractivity contribution < 1.29 is 23.7 Å². The van der Waals surface area contributed by atoms with E-state index in [-0.39, 0.29) is 18.2 Å². The van der Waals surface area contributed by atoms with Gasteiger partial charge in [0.2, 0.25) is 0 Å². The number of carbonyl (C=O) groups excluding carboxylic acids is 1. The van der Waals surface area contributed by atoms with E-state index < -0.39 is 6.10 Å². The van der Waals surface area contributed by atoms with Crippen LogP contribution in [0, 0.1) is 0 Å². The molecule has 0 spiro atoms.